The molecule has 0 unspecified atom stereocenters. The van der Waals surface area contributed by atoms with Crippen molar-refractivity contribution in [3.8, 4) is 0 Å². The standard InChI is InChI=1S/C21H23NO6/c1-5-6-14(20(24)25)22-16(23)8-13-12(4)18-15(28-21(13)26)7-10(2)17-11(3)9-27-19(17)18/h7,9,14H,5-6,8H2,1-4H3,(H,22,23)(H,24,25)/p-1/t14-/m1/s1. The summed E-state index contributed by atoms with van der Waals surface area (Å²) in [5.74, 6) is -1.92. The van der Waals surface area contributed by atoms with E-state index in [0.29, 0.717) is 28.5 Å². The van der Waals surface area contributed by atoms with Crippen LogP contribution in [0.25, 0.3) is 21.9 Å². The number of aliphatic carboxylic acids is 1. The van der Waals surface area contributed by atoms with Gasteiger partial charge in [0.2, 0.25) is 5.91 Å². The van der Waals surface area contributed by atoms with E-state index in [4.69, 9.17) is 8.83 Å². The van der Waals surface area contributed by atoms with Gasteiger partial charge in [-0.1, -0.05) is 13.3 Å². The van der Waals surface area contributed by atoms with Crippen molar-refractivity contribution >= 4 is 33.8 Å². The van der Waals surface area contributed by atoms with Crippen molar-refractivity contribution in [2.45, 2.75) is 53.0 Å². The zero-order chi connectivity index (χ0) is 20.6. The normalized spacial score (nSPS) is 12.4. The van der Waals surface area contributed by atoms with Crippen molar-refractivity contribution in [3.63, 3.8) is 0 Å². The van der Waals surface area contributed by atoms with Crippen molar-refractivity contribution in [1.82, 2.24) is 5.32 Å². The number of aryl methyl sites for hydroxylation is 3. The molecule has 0 bridgehead atoms. The van der Waals surface area contributed by atoms with Crippen LogP contribution in [0, 0.1) is 20.8 Å². The Morgan fingerprint density at radius 2 is 1.89 bits per heavy atom. The minimum atomic E-state index is -1.35. The first-order valence-corrected chi connectivity index (χ1v) is 9.18. The Hall–Kier alpha value is -3.09. The number of carbonyl (C=O) groups excluding carboxylic acids is 2. The number of carboxylic acid groups (broad SMARTS) is 1. The molecule has 1 N–H and O–H groups in total. The number of furan rings is 1. The maximum absolute atomic E-state index is 12.5. The number of amides is 1. The summed E-state index contributed by atoms with van der Waals surface area (Å²) in [4.78, 5) is 36.0. The summed E-state index contributed by atoms with van der Waals surface area (Å²) >= 11 is 0. The summed E-state index contributed by atoms with van der Waals surface area (Å²) < 4.78 is 11.2. The highest BCUT2D eigenvalue weighted by atomic mass is 16.4. The molecular formula is C21H22NO6-. The predicted octanol–water partition coefficient (Wildman–Crippen LogP) is 2.04. The van der Waals surface area contributed by atoms with Gasteiger partial charge in [0, 0.05) is 5.39 Å². The molecule has 0 saturated heterocycles. The SMILES string of the molecule is CCC[C@@H](NC(=O)Cc1c(C)c2c(cc(C)c3c(C)coc32)oc1=O)C(=O)[O-]. The molecule has 2 aromatic heterocycles. The van der Waals surface area contributed by atoms with Gasteiger partial charge in [0.05, 0.1) is 35.6 Å². The third-order valence-corrected chi connectivity index (χ3v) is 5.00. The van der Waals surface area contributed by atoms with Crippen LogP contribution in [-0.4, -0.2) is 17.9 Å². The molecule has 148 valence electrons. The zero-order valence-corrected chi connectivity index (χ0v) is 16.3. The molecule has 0 aliphatic carbocycles. The summed E-state index contributed by atoms with van der Waals surface area (Å²) in [6.07, 6.45) is 2.19. The first-order valence-electron chi connectivity index (χ1n) is 9.18. The van der Waals surface area contributed by atoms with E-state index in [9.17, 15) is 19.5 Å². The molecule has 7 nitrogen and oxygen atoms in total. The molecule has 0 fully saturated rings. The quantitative estimate of drug-likeness (QED) is 0.651. The minimum absolute atomic E-state index is 0.179. The molecule has 0 aliphatic rings. The van der Waals surface area contributed by atoms with Crippen LogP contribution < -0.4 is 16.0 Å². The highest BCUT2D eigenvalue weighted by molar-refractivity contribution is 6.07. The fraction of sp³-hybridized carbons (Fsp3) is 0.381. The van der Waals surface area contributed by atoms with Gasteiger partial charge in [0.15, 0.2) is 0 Å². The number of nitrogens with one attached hydrogen (secondary N) is 1. The maximum atomic E-state index is 12.5. The van der Waals surface area contributed by atoms with E-state index in [0.717, 1.165) is 16.5 Å². The molecular weight excluding hydrogens is 362 g/mol. The molecule has 1 aromatic carbocycles. The van der Waals surface area contributed by atoms with Crippen LogP contribution in [-0.2, 0) is 16.0 Å². The summed E-state index contributed by atoms with van der Waals surface area (Å²) in [7, 11) is 0. The Kier molecular flexibility index (Phi) is 5.27. The van der Waals surface area contributed by atoms with Crippen LogP contribution >= 0.6 is 0 Å². The fourth-order valence-corrected chi connectivity index (χ4v) is 3.62. The van der Waals surface area contributed by atoms with E-state index in [-0.39, 0.29) is 18.4 Å². The van der Waals surface area contributed by atoms with Crippen LogP contribution in [0.15, 0.2) is 26.0 Å². The number of benzene rings is 1. The molecule has 3 aromatic rings. The molecule has 0 saturated carbocycles. The largest absolute Gasteiger partial charge is 0.548 e. The number of carbonyl (C=O) groups is 2. The van der Waals surface area contributed by atoms with Crippen molar-refractivity contribution in [2.75, 3.05) is 0 Å². The van der Waals surface area contributed by atoms with E-state index in [1.54, 1.807) is 19.3 Å². The number of carboxylic acids is 1. The smallest absolute Gasteiger partial charge is 0.340 e. The monoisotopic (exact) mass is 384 g/mol. The van der Waals surface area contributed by atoms with Crippen LogP contribution in [0.4, 0.5) is 0 Å². The van der Waals surface area contributed by atoms with Gasteiger partial charge in [-0.2, -0.15) is 0 Å². The van der Waals surface area contributed by atoms with Gasteiger partial charge in [-0.15, -0.1) is 0 Å². The summed E-state index contributed by atoms with van der Waals surface area (Å²) in [5.41, 5.74) is 3.04. The second-order valence-corrected chi connectivity index (χ2v) is 7.09. The van der Waals surface area contributed by atoms with Gasteiger partial charge in [0.25, 0.3) is 0 Å². The number of hydrogen-bond acceptors (Lipinski definition) is 6. The third-order valence-electron chi connectivity index (χ3n) is 5.00. The third kappa shape index (κ3) is 3.40. The Balaban J connectivity index is 2.06. The van der Waals surface area contributed by atoms with Crippen LogP contribution in [0.3, 0.4) is 0 Å². The van der Waals surface area contributed by atoms with E-state index in [1.165, 1.54) is 0 Å². The lowest BCUT2D eigenvalue weighted by Crippen LogP contribution is -2.48. The topological polar surface area (TPSA) is 113 Å². The predicted molar refractivity (Wildman–Crippen MR) is 102 cm³/mol. The first kappa shape index (κ1) is 19.7. The Bertz CT molecular complexity index is 1140. The van der Waals surface area contributed by atoms with Crippen molar-refractivity contribution < 1.29 is 23.5 Å². The van der Waals surface area contributed by atoms with Gasteiger partial charge in [-0.05, 0) is 49.9 Å². The average molecular weight is 384 g/mol. The zero-order valence-electron chi connectivity index (χ0n) is 16.3. The molecule has 3 rings (SSSR count). The maximum Gasteiger partial charge on any atom is 0.340 e. The number of hydrogen-bond donors (Lipinski definition) is 1. The minimum Gasteiger partial charge on any atom is -0.548 e. The Morgan fingerprint density at radius 1 is 1.18 bits per heavy atom. The second kappa shape index (κ2) is 7.50. The van der Waals surface area contributed by atoms with Crippen LogP contribution in [0.2, 0.25) is 0 Å². The molecule has 7 heteroatoms. The molecule has 2 heterocycles. The van der Waals surface area contributed by atoms with Gasteiger partial charge >= 0.3 is 5.63 Å². The van der Waals surface area contributed by atoms with Crippen molar-refractivity contribution in [1.29, 1.82) is 0 Å². The van der Waals surface area contributed by atoms with Gasteiger partial charge in [-0.3, -0.25) is 4.79 Å². The molecule has 0 spiro atoms. The van der Waals surface area contributed by atoms with Crippen molar-refractivity contribution in [2.24, 2.45) is 0 Å². The van der Waals surface area contributed by atoms with E-state index in [1.807, 2.05) is 20.8 Å². The van der Waals surface area contributed by atoms with Gasteiger partial charge in [0.1, 0.15) is 11.2 Å². The van der Waals surface area contributed by atoms with E-state index >= 15 is 0 Å². The lowest BCUT2D eigenvalue weighted by atomic mass is 9.98. The number of rotatable bonds is 6. The molecule has 1 amide bonds. The highest BCUT2D eigenvalue weighted by Gasteiger charge is 2.21. The van der Waals surface area contributed by atoms with Crippen LogP contribution in [0.1, 0.15) is 42.0 Å². The summed E-state index contributed by atoms with van der Waals surface area (Å²) in [5, 5.41) is 15.1. The molecule has 28 heavy (non-hydrogen) atoms. The lowest BCUT2D eigenvalue weighted by Gasteiger charge is -2.19. The average Bonchev–Trinajstić information content (AvgIpc) is 3.00. The van der Waals surface area contributed by atoms with E-state index in [2.05, 4.69) is 5.32 Å². The molecule has 0 aliphatic heterocycles. The fourth-order valence-electron chi connectivity index (χ4n) is 3.62. The van der Waals surface area contributed by atoms with E-state index < -0.39 is 23.5 Å². The van der Waals surface area contributed by atoms with Gasteiger partial charge in [-0.25, -0.2) is 4.79 Å². The molecule has 0 radical (unpaired) electrons. The van der Waals surface area contributed by atoms with Crippen molar-refractivity contribution in [3.05, 3.63) is 45.0 Å². The Labute approximate surface area is 161 Å². The van der Waals surface area contributed by atoms with Crippen LogP contribution in [0.5, 0.6) is 0 Å². The second-order valence-electron chi connectivity index (χ2n) is 7.09. The van der Waals surface area contributed by atoms with Gasteiger partial charge < -0.3 is 24.1 Å². The number of fused-ring (bicyclic) bond motifs is 3. The molecule has 1 atom stereocenters. The lowest BCUT2D eigenvalue weighted by molar-refractivity contribution is -0.308. The Morgan fingerprint density at radius 3 is 2.54 bits per heavy atom. The first-order chi connectivity index (χ1) is 13.2. The summed E-state index contributed by atoms with van der Waals surface area (Å²) in [6, 6.07) is 0.693. The summed E-state index contributed by atoms with van der Waals surface area (Å²) in [6.45, 7) is 7.38. The highest BCUT2D eigenvalue weighted by Crippen LogP contribution is 2.34.